The minimum Gasteiger partial charge on any atom is -0.461 e. The quantitative estimate of drug-likeness (QED) is 0.503. The van der Waals surface area contributed by atoms with Gasteiger partial charge in [-0.25, -0.2) is 9.59 Å². The number of rotatable bonds is 8. The van der Waals surface area contributed by atoms with Gasteiger partial charge in [0.2, 0.25) is 0 Å². The van der Waals surface area contributed by atoms with E-state index in [9.17, 15) is 14.7 Å². The number of carbonyl (C=O) groups is 2. The highest BCUT2D eigenvalue weighted by Crippen LogP contribution is 2.38. The van der Waals surface area contributed by atoms with Gasteiger partial charge in [0.1, 0.15) is 24.3 Å². The summed E-state index contributed by atoms with van der Waals surface area (Å²) in [7, 11) is 0. The number of hydrogen-bond donors (Lipinski definition) is 1. The van der Waals surface area contributed by atoms with Crippen LogP contribution in [0.15, 0.2) is 91.0 Å². The summed E-state index contributed by atoms with van der Waals surface area (Å²) in [6, 6.07) is 26.8. The average Bonchev–Trinajstić information content (AvgIpc) is 3.16. The van der Waals surface area contributed by atoms with Crippen LogP contribution < -0.4 is 0 Å². The molecule has 1 aliphatic heterocycles. The van der Waals surface area contributed by atoms with Crippen LogP contribution in [0.3, 0.4) is 0 Å². The lowest BCUT2D eigenvalue weighted by molar-refractivity contribution is -0.0821. The Kier molecular flexibility index (Phi) is 7.78. The van der Waals surface area contributed by atoms with E-state index in [-0.39, 0.29) is 13.2 Å². The second kappa shape index (κ2) is 11.1. The summed E-state index contributed by atoms with van der Waals surface area (Å²) < 4.78 is 17.2. The van der Waals surface area contributed by atoms with Crippen molar-refractivity contribution in [3.63, 3.8) is 0 Å². The van der Waals surface area contributed by atoms with Crippen LogP contribution in [0.25, 0.3) is 0 Å². The Labute approximate surface area is 196 Å². The zero-order valence-corrected chi connectivity index (χ0v) is 18.6. The molecule has 0 amide bonds. The molecule has 1 saturated heterocycles. The Morgan fingerprint density at radius 1 is 0.758 bits per heavy atom. The van der Waals surface area contributed by atoms with Gasteiger partial charge in [-0.1, -0.05) is 66.7 Å². The molecule has 1 fully saturated rings. The van der Waals surface area contributed by atoms with E-state index in [4.69, 9.17) is 14.2 Å². The van der Waals surface area contributed by atoms with Gasteiger partial charge in [-0.15, -0.1) is 11.8 Å². The van der Waals surface area contributed by atoms with E-state index in [0.717, 1.165) is 5.56 Å². The molecule has 0 saturated carbocycles. The van der Waals surface area contributed by atoms with E-state index >= 15 is 0 Å². The first-order valence-corrected chi connectivity index (χ1v) is 11.5. The highest BCUT2D eigenvalue weighted by Gasteiger charge is 2.47. The lowest BCUT2D eigenvalue weighted by Gasteiger charge is -2.25. The number of aliphatic hydroxyl groups excluding tert-OH is 1. The molecule has 3 aromatic carbocycles. The second-order valence-corrected chi connectivity index (χ2v) is 8.89. The molecule has 1 aliphatic rings. The Bertz CT molecular complexity index is 1040. The molecule has 6 nitrogen and oxygen atoms in total. The maximum Gasteiger partial charge on any atom is 0.338 e. The number of hydrogen-bond acceptors (Lipinski definition) is 7. The van der Waals surface area contributed by atoms with Gasteiger partial charge in [0.05, 0.1) is 23.0 Å². The van der Waals surface area contributed by atoms with E-state index in [1.54, 1.807) is 48.5 Å². The van der Waals surface area contributed by atoms with Gasteiger partial charge in [-0.2, -0.15) is 0 Å². The lowest BCUT2D eigenvalue weighted by atomic mass is 10.1. The molecule has 0 bridgehead atoms. The van der Waals surface area contributed by atoms with E-state index in [2.05, 4.69) is 0 Å². The van der Waals surface area contributed by atoms with E-state index < -0.39 is 34.8 Å². The van der Waals surface area contributed by atoms with Gasteiger partial charge in [0.25, 0.3) is 0 Å². The van der Waals surface area contributed by atoms with E-state index in [0.29, 0.717) is 11.1 Å². The molecule has 0 radical (unpaired) electrons. The first-order chi connectivity index (χ1) is 16.1. The van der Waals surface area contributed by atoms with Crippen LogP contribution in [0.4, 0.5) is 0 Å². The summed E-state index contributed by atoms with van der Waals surface area (Å²) in [5.74, 6) is -1.00. The fraction of sp³-hybridized carbons (Fsp3) is 0.231. The number of esters is 2. The summed E-state index contributed by atoms with van der Waals surface area (Å²) in [5.41, 5.74) is 0.811. The van der Waals surface area contributed by atoms with Crippen molar-refractivity contribution in [1.29, 1.82) is 0 Å². The summed E-state index contributed by atoms with van der Waals surface area (Å²) in [4.78, 5) is 25.1. The van der Waals surface area contributed by atoms with Gasteiger partial charge < -0.3 is 19.3 Å². The summed E-state index contributed by atoms with van der Waals surface area (Å²) in [5, 5.41) is 10.2. The van der Waals surface area contributed by atoms with Crippen LogP contribution in [-0.4, -0.2) is 46.5 Å². The van der Waals surface area contributed by atoms with Crippen molar-refractivity contribution in [1.82, 2.24) is 0 Å². The molecular weight excluding hydrogens is 440 g/mol. The Balaban J connectivity index is 1.47. The van der Waals surface area contributed by atoms with Crippen LogP contribution in [0, 0.1) is 0 Å². The smallest absolute Gasteiger partial charge is 0.338 e. The van der Waals surface area contributed by atoms with Crippen molar-refractivity contribution < 1.29 is 28.9 Å². The highest BCUT2D eigenvalue weighted by molar-refractivity contribution is 8.00. The van der Waals surface area contributed by atoms with Gasteiger partial charge in [-0.3, -0.25) is 0 Å². The molecule has 170 valence electrons. The maximum atomic E-state index is 12.8. The van der Waals surface area contributed by atoms with E-state index in [1.807, 2.05) is 42.5 Å². The molecule has 1 N–H and O–H groups in total. The van der Waals surface area contributed by atoms with Crippen molar-refractivity contribution in [2.24, 2.45) is 0 Å². The fourth-order valence-corrected chi connectivity index (χ4v) is 4.77. The van der Waals surface area contributed by atoms with Crippen LogP contribution in [0.5, 0.6) is 0 Å². The molecule has 4 atom stereocenters. The third-order valence-electron chi connectivity index (χ3n) is 5.21. The monoisotopic (exact) mass is 464 g/mol. The lowest BCUT2D eigenvalue weighted by Crippen LogP contribution is -2.40. The SMILES string of the molecule is O=C(OC[C@@H]1SC(O)[C@@H](OCc2ccccc2)[C@H]1OC(=O)c1ccccc1)c1ccccc1. The molecule has 4 rings (SSSR count). The third-order valence-corrected chi connectivity index (χ3v) is 6.51. The molecule has 0 aromatic heterocycles. The Morgan fingerprint density at radius 3 is 1.91 bits per heavy atom. The second-order valence-electron chi connectivity index (χ2n) is 7.53. The first kappa shape index (κ1) is 23.0. The zero-order chi connectivity index (χ0) is 23.0. The van der Waals surface area contributed by atoms with Crippen LogP contribution in [-0.2, 0) is 20.8 Å². The normalized spacial score (nSPS) is 22.0. The molecular formula is C26H24O6S. The average molecular weight is 465 g/mol. The molecule has 1 heterocycles. The maximum absolute atomic E-state index is 12.8. The van der Waals surface area contributed by atoms with Gasteiger partial charge >= 0.3 is 11.9 Å². The number of ether oxygens (including phenoxy) is 3. The largest absolute Gasteiger partial charge is 0.461 e. The summed E-state index contributed by atoms with van der Waals surface area (Å²) in [6.45, 7) is 0.215. The minimum absolute atomic E-state index is 0.0343. The molecule has 7 heteroatoms. The van der Waals surface area contributed by atoms with Gasteiger partial charge in [0.15, 0.2) is 0 Å². The highest BCUT2D eigenvalue weighted by atomic mass is 32.2. The van der Waals surface area contributed by atoms with Gasteiger partial charge in [0, 0.05) is 0 Å². The van der Waals surface area contributed by atoms with Crippen molar-refractivity contribution in [2.45, 2.75) is 29.5 Å². The molecule has 0 spiro atoms. The number of benzene rings is 3. The minimum atomic E-state index is -0.942. The van der Waals surface area contributed by atoms with E-state index in [1.165, 1.54) is 11.8 Å². The zero-order valence-electron chi connectivity index (χ0n) is 17.8. The Morgan fingerprint density at radius 2 is 1.30 bits per heavy atom. The Hall–Kier alpha value is -3.13. The molecule has 1 unspecified atom stereocenters. The number of aliphatic hydroxyl groups is 1. The first-order valence-electron chi connectivity index (χ1n) is 10.6. The summed E-state index contributed by atoms with van der Waals surface area (Å²) >= 11 is 1.17. The predicted molar refractivity (Wildman–Crippen MR) is 125 cm³/mol. The molecule has 3 aromatic rings. The van der Waals surface area contributed by atoms with Crippen molar-refractivity contribution in [3.8, 4) is 0 Å². The van der Waals surface area contributed by atoms with Crippen LogP contribution >= 0.6 is 11.8 Å². The predicted octanol–water partition coefficient (Wildman–Crippen LogP) is 4.09. The third kappa shape index (κ3) is 6.01. The van der Waals surface area contributed by atoms with Crippen LogP contribution in [0.1, 0.15) is 26.3 Å². The molecule has 0 aliphatic carbocycles. The standard InChI is InChI=1S/C26H24O6S/c27-24(19-12-6-2-7-13-19)31-17-21-22(32-25(28)20-14-8-3-9-15-20)23(26(29)33-21)30-16-18-10-4-1-5-11-18/h1-15,21-23,26,29H,16-17H2/t21-,22-,23-,26?/m0/s1. The fourth-order valence-electron chi connectivity index (χ4n) is 3.51. The van der Waals surface area contributed by atoms with Gasteiger partial charge in [-0.05, 0) is 29.8 Å². The molecule has 33 heavy (non-hydrogen) atoms. The summed E-state index contributed by atoms with van der Waals surface area (Å²) in [6.07, 6.45) is -1.58. The van der Waals surface area contributed by atoms with Crippen molar-refractivity contribution >= 4 is 23.7 Å². The van der Waals surface area contributed by atoms with Crippen molar-refractivity contribution in [3.05, 3.63) is 108 Å². The number of thioether (sulfide) groups is 1. The van der Waals surface area contributed by atoms with Crippen molar-refractivity contribution in [2.75, 3.05) is 6.61 Å². The van der Waals surface area contributed by atoms with Crippen LogP contribution in [0.2, 0.25) is 0 Å². The topological polar surface area (TPSA) is 82.1 Å². The number of carbonyl (C=O) groups excluding carboxylic acids is 2.